The van der Waals surface area contributed by atoms with Crippen molar-refractivity contribution >= 4 is 27.1 Å². The van der Waals surface area contributed by atoms with Crippen LogP contribution in [0.4, 0.5) is 0 Å². The Morgan fingerprint density at radius 3 is 2.50 bits per heavy atom. The molecule has 2 heterocycles. The van der Waals surface area contributed by atoms with E-state index in [1.807, 2.05) is 4.72 Å². The van der Waals surface area contributed by atoms with Gasteiger partial charge in [0.15, 0.2) is 11.2 Å². The molecule has 0 bridgehead atoms. The van der Waals surface area contributed by atoms with E-state index < -0.39 is 27.2 Å². The van der Waals surface area contributed by atoms with Gasteiger partial charge in [0.1, 0.15) is 0 Å². The first-order valence-electron chi connectivity index (χ1n) is 6.23. The molecule has 1 N–H and O–H groups in total. The zero-order chi connectivity index (χ0) is 16.7. The Kier molecular flexibility index (Phi) is 3.92. The summed E-state index contributed by atoms with van der Waals surface area (Å²) in [5, 5.41) is 0. The normalized spacial score (nSPS) is 11.8. The summed E-state index contributed by atoms with van der Waals surface area (Å²) < 4.78 is 27.3. The van der Waals surface area contributed by atoms with Crippen LogP contribution in [0.25, 0.3) is 11.2 Å². The lowest BCUT2D eigenvalue weighted by Crippen LogP contribution is -2.37. The first-order chi connectivity index (χ1) is 10.1. The second-order valence-corrected chi connectivity index (χ2v) is 6.61. The van der Waals surface area contributed by atoms with Gasteiger partial charge in [0.05, 0.1) is 12.6 Å². The number of carbonyl (C=O) groups excluding carboxylic acids is 1. The molecule has 2 rings (SSSR count). The lowest BCUT2D eigenvalue weighted by molar-refractivity contribution is -0.119. The van der Waals surface area contributed by atoms with Crippen LogP contribution in [0, 0.1) is 0 Å². The zero-order valence-corrected chi connectivity index (χ0v) is 13.0. The van der Waals surface area contributed by atoms with Crippen molar-refractivity contribution in [2.24, 2.45) is 14.1 Å². The highest BCUT2D eigenvalue weighted by Gasteiger charge is 2.15. The second kappa shape index (κ2) is 5.40. The SMILES string of the molecule is Cn1c(=O)c2c(ncn2CCC(=O)NS(C)(=O)=O)n(C)c1=O. The zero-order valence-electron chi connectivity index (χ0n) is 12.2. The molecule has 1 amide bonds. The third-order valence-electron chi connectivity index (χ3n) is 3.10. The third-order valence-corrected chi connectivity index (χ3v) is 3.69. The summed E-state index contributed by atoms with van der Waals surface area (Å²) in [7, 11) is -0.791. The van der Waals surface area contributed by atoms with E-state index in [1.165, 1.54) is 29.6 Å². The van der Waals surface area contributed by atoms with Gasteiger partial charge in [0.25, 0.3) is 5.56 Å². The van der Waals surface area contributed by atoms with Gasteiger partial charge in [-0.1, -0.05) is 0 Å². The molecule has 0 atom stereocenters. The van der Waals surface area contributed by atoms with Crippen LogP contribution in [0.15, 0.2) is 15.9 Å². The van der Waals surface area contributed by atoms with E-state index in [0.29, 0.717) is 0 Å². The number of imidazole rings is 1. The van der Waals surface area contributed by atoms with E-state index in [2.05, 4.69) is 4.98 Å². The molecule has 0 saturated heterocycles. The molecular formula is C11H15N5O5S. The van der Waals surface area contributed by atoms with Gasteiger partial charge >= 0.3 is 5.69 Å². The van der Waals surface area contributed by atoms with Crippen molar-refractivity contribution in [1.29, 1.82) is 0 Å². The van der Waals surface area contributed by atoms with Crippen LogP contribution in [-0.4, -0.2) is 39.3 Å². The van der Waals surface area contributed by atoms with Gasteiger partial charge in [-0.3, -0.25) is 23.4 Å². The first-order valence-corrected chi connectivity index (χ1v) is 8.12. The average molecular weight is 329 g/mol. The van der Waals surface area contributed by atoms with Gasteiger partial charge < -0.3 is 4.57 Å². The van der Waals surface area contributed by atoms with Crippen LogP contribution in [0.5, 0.6) is 0 Å². The standard InChI is InChI=1S/C11H15N5O5S/c1-14-9-8(10(18)15(2)11(14)19)16(6-12-9)5-4-7(17)13-22(3,20)21/h6H,4-5H2,1-3H3,(H,13,17). The highest BCUT2D eigenvalue weighted by molar-refractivity contribution is 7.89. The Morgan fingerprint density at radius 2 is 1.91 bits per heavy atom. The number of nitrogens with zero attached hydrogens (tertiary/aromatic N) is 4. The van der Waals surface area contributed by atoms with E-state index >= 15 is 0 Å². The molecule has 120 valence electrons. The molecule has 0 aliphatic rings. The fourth-order valence-corrected chi connectivity index (χ4v) is 2.56. The number of carbonyl (C=O) groups is 1. The summed E-state index contributed by atoms with van der Waals surface area (Å²) in [6, 6.07) is 0. The Hall–Kier alpha value is -2.43. The molecule has 10 nitrogen and oxygen atoms in total. The Labute approximate surface area is 125 Å². The molecule has 2 aromatic heterocycles. The smallest absolute Gasteiger partial charge is 0.324 e. The van der Waals surface area contributed by atoms with Crippen molar-refractivity contribution in [3.63, 3.8) is 0 Å². The number of hydrogen-bond donors (Lipinski definition) is 1. The second-order valence-electron chi connectivity index (χ2n) is 4.86. The minimum absolute atomic E-state index is 0.0608. The minimum atomic E-state index is -3.62. The number of rotatable bonds is 4. The minimum Gasteiger partial charge on any atom is -0.324 e. The maximum absolute atomic E-state index is 12.1. The Bertz CT molecular complexity index is 965. The fraction of sp³-hybridized carbons (Fsp3) is 0.455. The molecule has 2 aromatic rings. The van der Waals surface area contributed by atoms with Gasteiger partial charge in [0.2, 0.25) is 15.9 Å². The van der Waals surface area contributed by atoms with E-state index in [-0.39, 0.29) is 24.1 Å². The largest absolute Gasteiger partial charge is 0.332 e. The number of amides is 1. The van der Waals surface area contributed by atoms with Crippen LogP contribution in [0.1, 0.15) is 6.42 Å². The average Bonchev–Trinajstić information content (AvgIpc) is 2.82. The van der Waals surface area contributed by atoms with Crippen molar-refractivity contribution in [3.8, 4) is 0 Å². The van der Waals surface area contributed by atoms with Crippen LogP contribution >= 0.6 is 0 Å². The van der Waals surface area contributed by atoms with Gasteiger partial charge in [-0.2, -0.15) is 0 Å². The predicted octanol–water partition coefficient (Wildman–Crippen LogP) is -2.10. The molecule has 22 heavy (non-hydrogen) atoms. The molecule has 0 aliphatic heterocycles. The molecule has 0 spiro atoms. The van der Waals surface area contributed by atoms with E-state index in [9.17, 15) is 22.8 Å². The molecule has 0 fully saturated rings. The number of fused-ring (bicyclic) bond motifs is 1. The first kappa shape index (κ1) is 15.9. The van der Waals surface area contributed by atoms with E-state index in [1.54, 1.807) is 0 Å². The van der Waals surface area contributed by atoms with E-state index in [0.717, 1.165) is 10.8 Å². The molecule has 0 unspecified atom stereocenters. The Balaban J connectivity index is 2.37. The van der Waals surface area contributed by atoms with Crippen molar-refractivity contribution < 1.29 is 13.2 Å². The molecule has 11 heteroatoms. The van der Waals surface area contributed by atoms with Gasteiger partial charge in [-0.15, -0.1) is 0 Å². The predicted molar refractivity (Wildman–Crippen MR) is 77.8 cm³/mol. The summed E-state index contributed by atoms with van der Waals surface area (Å²) in [5.74, 6) is -0.689. The molecule has 0 aromatic carbocycles. The number of hydrogen-bond acceptors (Lipinski definition) is 6. The molecule has 0 saturated carbocycles. The summed E-state index contributed by atoms with van der Waals surface area (Å²) >= 11 is 0. The summed E-state index contributed by atoms with van der Waals surface area (Å²) in [6.07, 6.45) is 2.06. The number of nitrogens with one attached hydrogen (secondary N) is 1. The lowest BCUT2D eigenvalue weighted by Gasteiger charge is -2.06. The van der Waals surface area contributed by atoms with Gasteiger partial charge in [-0.05, 0) is 0 Å². The highest BCUT2D eigenvalue weighted by atomic mass is 32.2. The quantitative estimate of drug-likeness (QED) is 0.685. The summed E-state index contributed by atoms with van der Waals surface area (Å²) in [6.45, 7) is 0.0608. The van der Waals surface area contributed by atoms with Gasteiger partial charge in [-0.25, -0.2) is 18.2 Å². The van der Waals surface area contributed by atoms with Crippen molar-refractivity contribution in [2.45, 2.75) is 13.0 Å². The van der Waals surface area contributed by atoms with Crippen LogP contribution in [0.2, 0.25) is 0 Å². The van der Waals surface area contributed by atoms with Crippen molar-refractivity contribution in [2.75, 3.05) is 6.26 Å². The van der Waals surface area contributed by atoms with Crippen LogP contribution in [0.3, 0.4) is 0 Å². The third kappa shape index (κ3) is 2.93. The topological polar surface area (TPSA) is 125 Å². The highest BCUT2D eigenvalue weighted by Crippen LogP contribution is 2.06. The Morgan fingerprint density at radius 1 is 1.27 bits per heavy atom. The summed E-state index contributed by atoms with van der Waals surface area (Å²) in [4.78, 5) is 39.4. The fourth-order valence-electron chi connectivity index (χ4n) is 2.05. The van der Waals surface area contributed by atoms with Crippen LogP contribution in [-0.2, 0) is 35.5 Å². The monoisotopic (exact) mass is 329 g/mol. The van der Waals surface area contributed by atoms with Crippen molar-refractivity contribution in [3.05, 3.63) is 27.2 Å². The van der Waals surface area contributed by atoms with Crippen LogP contribution < -0.4 is 16.0 Å². The molecular weight excluding hydrogens is 314 g/mol. The number of sulfonamides is 1. The maximum Gasteiger partial charge on any atom is 0.332 e. The molecule has 0 radical (unpaired) electrons. The van der Waals surface area contributed by atoms with E-state index in [4.69, 9.17) is 0 Å². The summed E-state index contributed by atoms with van der Waals surface area (Å²) in [5.41, 5.74) is -0.648. The van der Waals surface area contributed by atoms with Gasteiger partial charge in [0, 0.05) is 27.1 Å². The number of aromatic nitrogens is 4. The van der Waals surface area contributed by atoms with Crippen molar-refractivity contribution in [1.82, 2.24) is 23.4 Å². The maximum atomic E-state index is 12.1. The lowest BCUT2D eigenvalue weighted by atomic mass is 10.4. The molecule has 0 aliphatic carbocycles. The number of aryl methyl sites for hydroxylation is 2.